The monoisotopic (exact) mass is 158 g/mol. The lowest BCUT2D eigenvalue weighted by atomic mass is 10.0. The summed E-state index contributed by atoms with van der Waals surface area (Å²) in [6, 6.07) is 0. The van der Waals surface area contributed by atoms with Crippen LogP contribution in [0.2, 0.25) is 0 Å². The number of esters is 1. The van der Waals surface area contributed by atoms with Gasteiger partial charge in [0.05, 0.1) is 12.5 Å². The standard InChI is InChI=1S/C8H14O3/c1-2-3-7-4-6(9)5-8(10)11-7/h6-7,9H,2-5H2,1H3/t6-,7+/m0/s1. The minimum atomic E-state index is -0.479. The summed E-state index contributed by atoms with van der Waals surface area (Å²) in [4.78, 5) is 10.8. The van der Waals surface area contributed by atoms with Crippen molar-refractivity contribution in [3.63, 3.8) is 0 Å². The Morgan fingerprint density at radius 3 is 3.00 bits per heavy atom. The molecule has 2 atom stereocenters. The summed E-state index contributed by atoms with van der Waals surface area (Å²) in [6.45, 7) is 2.04. The normalized spacial score (nSPS) is 31.6. The Hall–Kier alpha value is -0.570. The van der Waals surface area contributed by atoms with Crippen molar-refractivity contribution >= 4 is 5.97 Å². The lowest BCUT2D eigenvalue weighted by Crippen LogP contribution is -2.32. The number of aliphatic hydroxyl groups excluding tert-OH is 1. The minimum Gasteiger partial charge on any atom is -0.462 e. The summed E-state index contributed by atoms with van der Waals surface area (Å²) in [7, 11) is 0. The lowest BCUT2D eigenvalue weighted by molar-refractivity contribution is -0.160. The van der Waals surface area contributed by atoms with Crippen LogP contribution in [-0.4, -0.2) is 23.3 Å². The highest BCUT2D eigenvalue weighted by Crippen LogP contribution is 2.18. The predicted molar refractivity (Wildman–Crippen MR) is 40.0 cm³/mol. The van der Waals surface area contributed by atoms with E-state index in [2.05, 4.69) is 0 Å². The van der Waals surface area contributed by atoms with Crippen LogP contribution < -0.4 is 0 Å². The number of hydrogen-bond acceptors (Lipinski definition) is 3. The van der Waals surface area contributed by atoms with Crippen molar-refractivity contribution < 1.29 is 14.6 Å². The molecule has 64 valence electrons. The number of hydrogen-bond donors (Lipinski definition) is 1. The first kappa shape index (κ1) is 8.53. The predicted octanol–water partition coefficient (Wildman–Crippen LogP) is 0.853. The van der Waals surface area contributed by atoms with Gasteiger partial charge in [-0.2, -0.15) is 0 Å². The molecule has 3 heteroatoms. The van der Waals surface area contributed by atoms with Crippen LogP contribution in [0.25, 0.3) is 0 Å². The molecule has 0 aliphatic carbocycles. The van der Waals surface area contributed by atoms with Gasteiger partial charge in [0, 0.05) is 6.42 Å². The maximum atomic E-state index is 10.8. The molecule has 1 N–H and O–H groups in total. The van der Waals surface area contributed by atoms with Crippen molar-refractivity contribution in [3.8, 4) is 0 Å². The molecular formula is C8H14O3. The Labute approximate surface area is 66.4 Å². The molecule has 0 bridgehead atoms. The van der Waals surface area contributed by atoms with Crippen LogP contribution >= 0.6 is 0 Å². The number of ether oxygens (including phenoxy) is 1. The molecule has 0 aromatic carbocycles. The van der Waals surface area contributed by atoms with Gasteiger partial charge >= 0.3 is 5.97 Å². The number of carbonyl (C=O) groups excluding carboxylic acids is 1. The van der Waals surface area contributed by atoms with E-state index in [4.69, 9.17) is 4.74 Å². The maximum absolute atomic E-state index is 10.8. The van der Waals surface area contributed by atoms with Crippen molar-refractivity contribution in [2.75, 3.05) is 0 Å². The third-order valence-corrected chi connectivity index (χ3v) is 1.85. The highest BCUT2D eigenvalue weighted by Gasteiger charge is 2.25. The Morgan fingerprint density at radius 2 is 2.45 bits per heavy atom. The molecule has 1 aliphatic rings. The first-order chi connectivity index (χ1) is 5.22. The van der Waals surface area contributed by atoms with E-state index in [1.165, 1.54) is 0 Å². The van der Waals surface area contributed by atoms with Crippen molar-refractivity contribution in [2.24, 2.45) is 0 Å². The molecule has 0 radical (unpaired) electrons. The zero-order valence-electron chi connectivity index (χ0n) is 6.75. The van der Waals surface area contributed by atoms with E-state index in [9.17, 15) is 9.90 Å². The third-order valence-electron chi connectivity index (χ3n) is 1.85. The van der Waals surface area contributed by atoms with Crippen LogP contribution in [0.1, 0.15) is 32.6 Å². The van der Waals surface area contributed by atoms with Crippen molar-refractivity contribution in [2.45, 2.75) is 44.8 Å². The molecule has 1 rings (SSSR count). The lowest BCUT2D eigenvalue weighted by Gasteiger charge is -2.25. The van der Waals surface area contributed by atoms with Crippen LogP contribution in [-0.2, 0) is 9.53 Å². The van der Waals surface area contributed by atoms with Gasteiger partial charge in [0.15, 0.2) is 0 Å². The van der Waals surface area contributed by atoms with Crippen molar-refractivity contribution in [1.82, 2.24) is 0 Å². The molecule has 3 nitrogen and oxygen atoms in total. The van der Waals surface area contributed by atoms with Crippen LogP contribution in [0.5, 0.6) is 0 Å². The molecule has 1 saturated heterocycles. The van der Waals surface area contributed by atoms with E-state index < -0.39 is 6.10 Å². The largest absolute Gasteiger partial charge is 0.462 e. The summed E-state index contributed by atoms with van der Waals surface area (Å²) >= 11 is 0. The van der Waals surface area contributed by atoms with Crippen LogP contribution in [0.4, 0.5) is 0 Å². The van der Waals surface area contributed by atoms with E-state index in [0.29, 0.717) is 6.42 Å². The van der Waals surface area contributed by atoms with Gasteiger partial charge in [0.2, 0.25) is 0 Å². The fourth-order valence-corrected chi connectivity index (χ4v) is 1.36. The Kier molecular flexibility index (Phi) is 2.88. The number of aliphatic hydroxyl groups is 1. The topological polar surface area (TPSA) is 46.5 Å². The first-order valence-electron chi connectivity index (χ1n) is 4.10. The third kappa shape index (κ3) is 2.50. The van der Waals surface area contributed by atoms with E-state index in [1.807, 2.05) is 6.92 Å². The quantitative estimate of drug-likeness (QED) is 0.606. The van der Waals surface area contributed by atoms with E-state index in [1.54, 1.807) is 0 Å². The zero-order valence-corrected chi connectivity index (χ0v) is 6.75. The molecule has 1 aliphatic heterocycles. The SMILES string of the molecule is CCC[C@@H]1C[C@H](O)CC(=O)O1. The Balaban J connectivity index is 2.36. The molecule has 1 fully saturated rings. The molecular weight excluding hydrogens is 144 g/mol. The average Bonchev–Trinajstić information content (AvgIpc) is 1.85. The first-order valence-corrected chi connectivity index (χ1v) is 4.10. The summed E-state index contributed by atoms with van der Waals surface area (Å²) in [6.07, 6.45) is 2.11. The Morgan fingerprint density at radius 1 is 1.73 bits per heavy atom. The molecule has 11 heavy (non-hydrogen) atoms. The number of carbonyl (C=O) groups is 1. The molecule has 0 aromatic heterocycles. The molecule has 0 saturated carbocycles. The highest BCUT2D eigenvalue weighted by atomic mass is 16.5. The fraction of sp³-hybridized carbons (Fsp3) is 0.875. The Bertz CT molecular complexity index is 144. The molecule has 0 aromatic rings. The summed E-state index contributed by atoms with van der Waals surface area (Å²) in [5, 5.41) is 9.18. The zero-order chi connectivity index (χ0) is 8.27. The molecule has 0 unspecified atom stereocenters. The molecule has 1 heterocycles. The van der Waals surface area contributed by atoms with Crippen molar-refractivity contribution in [1.29, 1.82) is 0 Å². The molecule has 0 spiro atoms. The molecule has 0 amide bonds. The van der Waals surface area contributed by atoms with E-state index in [0.717, 1.165) is 12.8 Å². The minimum absolute atomic E-state index is 0.0451. The van der Waals surface area contributed by atoms with Gasteiger partial charge in [-0.3, -0.25) is 4.79 Å². The summed E-state index contributed by atoms with van der Waals surface area (Å²) < 4.78 is 5.00. The van der Waals surface area contributed by atoms with Gasteiger partial charge in [-0.15, -0.1) is 0 Å². The second-order valence-corrected chi connectivity index (χ2v) is 2.99. The highest BCUT2D eigenvalue weighted by molar-refractivity contribution is 5.70. The fourth-order valence-electron chi connectivity index (χ4n) is 1.36. The number of rotatable bonds is 2. The maximum Gasteiger partial charge on any atom is 0.308 e. The smallest absolute Gasteiger partial charge is 0.308 e. The van der Waals surface area contributed by atoms with Gasteiger partial charge in [-0.25, -0.2) is 0 Å². The van der Waals surface area contributed by atoms with Gasteiger partial charge in [-0.05, 0) is 6.42 Å². The average molecular weight is 158 g/mol. The van der Waals surface area contributed by atoms with Crippen molar-refractivity contribution in [3.05, 3.63) is 0 Å². The summed E-state index contributed by atoms with van der Waals surface area (Å²) in [5.41, 5.74) is 0. The van der Waals surface area contributed by atoms with Gasteiger partial charge in [0.25, 0.3) is 0 Å². The van der Waals surface area contributed by atoms with Gasteiger partial charge in [-0.1, -0.05) is 13.3 Å². The van der Waals surface area contributed by atoms with E-state index in [-0.39, 0.29) is 18.5 Å². The van der Waals surface area contributed by atoms with Crippen LogP contribution in [0.15, 0.2) is 0 Å². The second-order valence-electron chi connectivity index (χ2n) is 2.99. The summed E-state index contributed by atoms with van der Waals surface area (Å²) in [5.74, 6) is -0.262. The van der Waals surface area contributed by atoms with E-state index >= 15 is 0 Å². The van der Waals surface area contributed by atoms with Gasteiger partial charge in [0.1, 0.15) is 6.10 Å². The second kappa shape index (κ2) is 3.72. The van der Waals surface area contributed by atoms with Crippen LogP contribution in [0, 0.1) is 0 Å². The number of cyclic esters (lactones) is 1. The van der Waals surface area contributed by atoms with Crippen LogP contribution in [0.3, 0.4) is 0 Å². The van der Waals surface area contributed by atoms with Gasteiger partial charge < -0.3 is 9.84 Å².